The molecule has 0 N–H and O–H groups in total. The van der Waals surface area contributed by atoms with Crippen LogP contribution in [-0.2, 0) is 0 Å². The van der Waals surface area contributed by atoms with E-state index in [-0.39, 0.29) is 24.0 Å². The molecule has 0 aliphatic carbocycles. The highest BCUT2D eigenvalue weighted by Crippen LogP contribution is 2.25. The molecule has 126 valence electrons. The maximum Gasteiger partial charge on any atom is 0.397 e. The van der Waals surface area contributed by atoms with E-state index < -0.39 is 0 Å². The molecule has 1 aromatic heterocycles. The topological polar surface area (TPSA) is 66.3 Å². The van der Waals surface area contributed by atoms with Gasteiger partial charge < -0.3 is 12.4 Å². The van der Waals surface area contributed by atoms with Crippen molar-refractivity contribution in [2.75, 3.05) is 11.9 Å². The summed E-state index contributed by atoms with van der Waals surface area (Å²) in [4.78, 5) is 17.5. The van der Waals surface area contributed by atoms with Crippen LogP contribution in [0.1, 0.15) is 16.1 Å². The Kier molecular flexibility index (Phi) is 5.52. The van der Waals surface area contributed by atoms with Crippen molar-refractivity contribution in [2.24, 2.45) is 0 Å². The minimum absolute atomic E-state index is 0. The zero-order chi connectivity index (χ0) is 17.1. The zero-order valence-corrected chi connectivity index (χ0v) is 14.6. The van der Waals surface area contributed by atoms with Crippen LogP contribution >= 0.6 is 0 Å². The molecule has 7 heteroatoms. The van der Waals surface area contributed by atoms with Gasteiger partial charge in [0.1, 0.15) is 11.4 Å². The number of para-hydroxylation sites is 1. The molecule has 0 aliphatic rings. The van der Waals surface area contributed by atoms with Crippen molar-refractivity contribution >= 4 is 17.4 Å². The SMILES string of the molecule is Cc1cc(N(C)C(=O)c2ccccc2[N+]#N)n(-c2ccccc2)n1.[Cl-]. The second kappa shape index (κ2) is 7.60. The lowest BCUT2D eigenvalue weighted by Crippen LogP contribution is -3.00. The van der Waals surface area contributed by atoms with Crippen molar-refractivity contribution in [1.82, 2.24) is 9.78 Å². The fraction of sp³-hybridized carbons (Fsp3) is 0.111. The highest BCUT2D eigenvalue weighted by molar-refractivity contribution is 6.09. The smallest absolute Gasteiger partial charge is 0.397 e. The number of hydrogen-bond donors (Lipinski definition) is 0. The average molecular weight is 354 g/mol. The van der Waals surface area contributed by atoms with Crippen molar-refractivity contribution < 1.29 is 17.2 Å². The maximum absolute atomic E-state index is 12.8. The number of amides is 1. The Morgan fingerprint density at radius 1 is 1.12 bits per heavy atom. The van der Waals surface area contributed by atoms with Gasteiger partial charge in [0.15, 0.2) is 4.98 Å². The summed E-state index contributed by atoms with van der Waals surface area (Å²) in [5.41, 5.74) is 2.21. The second-order valence-electron chi connectivity index (χ2n) is 5.37. The monoisotopic (exact) mass is 353 g/mol. The van der Waals surface area contributed by atoms with Crippen molar-refractivity contribution in [3.63, 3.8) is 0 Å². The Balaban J connectivity index is 0.00000225. The standard InChI is InChI=1S/C18H16N5O.ClH/c1-13-12-17(23(21-13)14-8-4-3-5-9-14)22(2)18(24)15-10-6-7-11-16(15)20-19;/h3-12H,1-2H3;1H/q+1;/p-1. The fourth-order valence-corrected chi connectivity index (χ4v) is 2.51. The number of hydrogen-bond acceptors (Lipinski definition) is 3. The molecule has 0 spiro atoms. The summed E-state index contributed by atoms with van der Waals surface area (Å²) in [5, 5.41) is 13.6. The summed E-state index contributed by atoms with van der Waals surface area (Å²) in [7, 11) is 1.67. The van der Waals surface area contributed by atoms with Crippen molar-refractivity contribution in [3.8, 4) is 5.69 Å². The fourth-order valence-electron chi connectivity index (χ4n) is 2.51. The lowest BCUT2D eigenvalue weighted by atomic mass is 10.1. The lowest BCUT2D eigenvalue weighted by Gasteiger charge is -2.18. The van der Waals surface area contributed by atoms with Crippen LogP contribution < -0.4 is 17.3 Å². The predicted molar refractivity (Wildman–Crippen MR) is 92.2 cm³/mol. The van der Waals surface area contributed by atoms with Gasteiger partial charge in [-0.05, 0) is 25.1 Å². The Labute approximate surface area is 151 Å². The third-order valence-corrected chi connectivity index (χ3v) is 3.70. The van der Waals surface area contributed by atoms with Crippen LogP contribution in [-0.4, -0.2) is 22.7 Å². The van der Waals surface area contributed by atoms with Gasteiger partial charge in [0.2, 0.25) is 5.39 Å². The first-order valence-electron chi connectivity index (χ1n) is 7.46. The first-order valence-corrected chi connectivity index (χ1v) is 7.46. The van der Waals surface area contributed by atoms with Gasteiger partial charge in [-0.3, -0.25) is 9.69 Å². The molecule has 3 aromatic rings. The molecular formula is C18H16ClN5O. The van der Waals surface area contributed by atoms with Gasteiger partial charge in [-0.15, -0.1) is 0 Å². The van der Waals surface area contributed by atoms with Crippen LogP contribution in [0.4, 0.5) is 11.5 Å². The Morgan fingerprint density at radius 2 is 1.76 bits per heavy atom. The number of halogens is 1. The van der Waals surface area contributed by atoms with Crippen molar-refractivity contribution in [3.05, 3.63) is 76.9 Å². The van der Waals surface area contributed by atoms with Crippen LogP contribution in [0.15, 0.2) is 60.7 Å². The molecule has 0 fully saturated rings. The van der Waals surface area contributed by atoms with Crippen molar-refractivity contribution in [1.29, 1.82) is 5.39 Å². The third-order valence-electron chi connectivity index (χ3n) is 3.70. The highest BCUT2D eigenvalue weighted by atomic mass is 35.5. The molecule has 1 heterocycles. The number of carbonyl (C=O) groups is 1. The first kappa shape index (κ1) is 18.2. The summed E-state index contributed by atoms with van der Waals surface area (Å²) >= 11 is 0. The van der Waals surface area contributed by atoms with E-state index in [9.17, 15) is 4.79 Å². The van der Waals surface area contributed by atoms with Crippen molar-refractivity contribution in [2.45, 2.75) is 6.92 Å². The number of anilines is 1. The van der Waals surface area contributed by atoms with Crippen LogP contribution in [0.2, 0.25) is 0 Å². The molecule has 2 aromatic carbocycles. The Hall–Kier alpha value is -3.17. The van der Waals surface area contributed by atoms with Crippen LogP contribution in [0, 0.1) is 12.3 Å². The summed E-state index contributed by atoms with van der Waals surface area (Å²) in [6, 6.07) is 18.1. The minimum atomic E-state index is -0.277. The first-order chi connectivity index (χ1) is 11.6. The highest BCUT2D eigenvalue weighted by Gasteiger charge is 2.25. The van der Waals surface area contributed by atoms with E-state index in [1.165, 1.54) is 4.90 Å². The molecular weight excluding hydrogens is 338 g/mol. The summed E-state index contributed by atoms with van der Waals surface area (Å²) < 4.78 is 1.71. The normalized spacial score (nSPS) is 9.80. The van der Waals surface area contributed by atoms with E-state index in [0.717, 1.165) is 11.4 Å². The van der Waals surface area contributed by atoms with Gasteiger partial charge in [-0.25, -0.2) is 4.68 Å². The summed E-state index contributed by atoms with van der Waals surface area (Å²) in [6.45, 7) is 1.87. The van der Waals surface area contributed by atoms with Crippen LogP contribution in [0.5, 0.6) is 0 Å². The quantitative estimate of drug-likeness (QED) is 0.658. The number of nitrogens with zero attached hydrogens (tertiary/aromatic N) is 5. The van der Waals surface area contributed by atoms with Gasteiger partial charge in [-0.2, -0.15) is 5.10 Å². The van der Waals surface area contributed by atoms with E-state index in [1.807, 2.05) is 43.3 Å². The van der Waals surface area contributed by atoms with Gasteiger partial charge >= 0.3 is 5.69 Å². The Morgan fingerprint density at radius 3 is 2.44 bits per heavy atom. The molecule has 0 atom stereocenters. The molecule has 0 unspecified atom stereocenters. The molecule has 0 saturated carbocycles. The average Bonchev–Trinajstić information content (AvgIpc) is 3.03. The number of diazo groups is 1. The van der Waals surface area contributed by atoms with E-state index in [0.29, 0.717) is 11.4 Å². The molecule has 6 nitrogen and oxygen atoms in total. The molecule has 1 amide bonds. The van der Waals surface area contributed by atoms with E-state index >= 15 is 0 Å². The molecule has 0 radical (unpaired) electrons. The number of aromatic nitrogens is 2. The van der Waals surface area contributed by atoms with Gasteiger partial charge in [0.05, 0.1) is 11.4 Å². The predicted octanol–water partition coefficient (Wildman–Crippen LogP) is 0.946. The van der Waals surface area contributed by atoms with Gasteiger partial charge in [0, 0.05) is 19.2 Å². The van der Waals surface area contributed by atoms with Gasteiger partial charge in [0.25, 0.3) is 5.91 Å². The molecule has 0 saturated heterocycles. The number of aryl methyl sites for hydroxylation is 1. The third kappa shape index (κ3) is 3.52. The molecule has 3 rings (SSSR count). The molecule has 0 bridgehead atoms. The van der Waals surface area contributed by atoms with Crippen LogP contribution in [0.3, 0.4) is 0 Å². The van der Waals surface area contributed by atoms with Gasteiger partial charge in [-0.1, -0.05) is 30.3 Å². The summed E-state index contributed by atoms with van der Waals surface area (Å²) in [6.07, 6.45) is 0. The Bertz CT molecular complexity index is 930. The van der Waals surface area contributed by atoms with E-state index in [1.54, 1.807) is 36.0 Å². The largest absolute Gasteiger partial charge is 1.00 e. The van der Waals surface area contributed by atoms with E-state index in [4.69, 9.17) is 5.39 Å². The van der Waals surface area contributed by atoms with Crippen LogP contribution in [0.25, 0.3) is 10.7 Å². The summed E-state index contributed by atoms with van der Waals surface area (Å²) in [5.74, 6) is 0.358. The molecule has 0 aliphatic heterocycles. The number of carbonyl (C=O) groups excluding carboxylic acids is 1. The van der Waals surface area contributed by atoms with E-state index in [2.05, 4.69) is 10.1 Å². The maximum atomic E-state index is 12.8. The minimum Gasteiger partial charge on any atom is -1.00 e. The molecule has 25 heavy (non-hydrogen) atoms. The second-order valence-corrected chi connectivity index (χ2v) is 5.37. The zero-order valence-electron chi connectivity index (χ0n) is 13.8. The lowest BCUT2D eigenvalue weighted by molar-refractivity contribution is -0.0000128. The number of benzene rings is 2. The number of rotatable bonds is 3.